The summed E-state index contributed by atoms with van der Waals surface area (Å²) in [4.78, 5) is 1.05. The average Bonchev–Trinajstić information content (AvgIpc) is 2.98. The highest BCUT2D eigenvalue weighted by Crippen LogP contribution is 2.37. The van der Waals surface area contributed by atoms with Crippen molar-refractivity contribution in [1.29, 1.82) is 0 Å². The SMILES string of the molecule is Cc1nnc(-c2sccc2N)n1C1CCCC1. The van der Waals surface area contributed by atoms with E-state index in [1.54, 1.807) is 11.3 Å². The lowest BCUT2D eigenvalue weighted by Crippen LogP contribution is -2.08. The number of aryl methyl sites for hydroxylation is 1. The molecule has 1 saturated carbocycles. The summed E-state index contributed by atoms with van der Waals surface area (Å²) in [6, 6.07) is 2.49. The van der Waals surface area contributed by atoms with Crippen molar-refractivity contribution in [2.75, 3.05) is 5.73 Å². The van der Waals surface area contributed by atoms with Gasteiger partial charge in [0.25, 0.3) is 0 Å². The van der Waals surface area contributed by atoms with Gasteiger partial charge in [-0.2, -0.15) is 0 Å². The standard InChI is InChI=1S/C12H16N4S/c1-8-14-15-12(11-10(13)6-7-17-11)16(8)9-4-2-3-5-9/h6-7,9H,2-5,13H2,1H3. The van der Waals surface area contributed by atoms with Gasteiger partial charge in [0.2, 0.25) is 0 Å². The van der Waals surface area contributed by atoms with Crippen LogP contribution < -0.4 is 5.73 Å². The number of aromatic nitrogens is 3. The molecule has 2 heterocycles. The first-order valence-corrected chi connectivity index (χ1v) is 6.90. The fraction of sp³-hybridized carbons (Fsp3) is 0.500. The molecule has 2 N–H and O–H groups in total. The third-order valence-corrected chi connectivity index (χ3v) is 4.38. The molecule has 0 atom stereocenters. The minimum atomic E-state index is 0.557. The highest BCUT2D eigenvalue weighted by atomic mass is 32.1. The number of hydrogen-bond donors (Lipinski definition) is 1. The maximum Gasteiger partial charge on any atom is 0.176 e. The van der Waals surface area contributed by atoms with E-state index < -0.39 is 0 Å². The Morgan fingerprint density at radius 1 is 1.35 bits per heavy atom. The topological polar surface area (TPSA) is 56.7 Å². The Bertz CT molecular complexity index is 522. The molecule has 0 unspecified atom stereocenters. The molecule has 0 aromatic carbocycles. The molecule has 1 aliphatic carbocycles. The maximum absolute atomic E-state index is 5.98. The van der Waals surface area contributed by atoms with E-state index in [2.05, 4.69) is 14.8 Å². The van der Waals surface area contributed by atoms with Crippen LogP contribution >= 0.6 is 11.3 Å². The fourth-order valence-corrected chi connectivity index (χ4v) is 3.42. The van der Waals surface area contributed by atoms with E-state index in [0.717, 1.165) is 22.2 Å². The third-order valence-electron chi connectivity index (χ3n) is 3.45. The van der Waals surface area contributed by atoms with Crippen molar-refractivity contribution in [3.8, 4) is 10.7 Å². The van der Waals surface area contributed by atoms with Crippen LogP contribution in [0.2, 0.25) is 0 Å². The minimum Gasteiger partial charge on any atom is -0.397 e. The zero-order chi connectivity index (χ0) is 11.8. The van der Waals surface area contributed by atoms with Crippen molar-refractivity contribution in [2.24, 2.45) is 0 Å². The summed E-state index contributed by atoms with van der Waals surface area (Å²) in [5.74, 6) is 1.95. The number of anilines is 1. The quantitative estimate of drug-likeness (QED) is 0.888. The van der Waals surface area contributed by atoms with Crippen molar-refractivity contribution in [3.63, 3.8) is 0 Å². The van der Waals surface area contributed by atoms with Gasteiger partial charge in [0.15, 0.2) is 5.82 Å². The molecule has 90 valence electrons. The molecule has 17 heavy (non-hydrogen) atoms. The largest absolute Gasteiger partial charge is 0.397 e. The normalized spacial score (nSPS) is 16.8. The number of rotatable bonds is 2. The molecule has 0 aliphatic heterocycles. The summed E-state index contributed by atoms with van der Waals surface area (Å²) in [6.45, 7) is 2.03. The zero-order valence-electron chi connectivity index (χ0n) is 9.89. The summed E-state index contributed by atoms with van der Waals surface area (Å²) < 4.78 is 2.27. The summed E-state index contributed by atoms with van der Waals surface area (Å²) in [7, 11) is 0. The van der Waals surface area contributed by atoms with E-state index in [1.807, 2.05) is 18.4 Å². The van der Waals surface area contributed by atoms with Gasteiger partial charge >= 0.3 is 0 Å². The van der Waals surface area contributed by atoms with Gasteiger partial charge in [-0.3, -0.25) is 0 Å². The Balaban J connectivity index is 2.08. The highest BCUT2D eigenvalue weighted by Gasteiger charge is 2.24. The molecule has 2 aromatic rings. The Kier molecular flexibility index (Phi) is 2.63. The lowest BCUT2D eigenvalue weighted by Gasteiger charge is -2.15. The van der Waals surface area contributed by atoms with Gasteiger partial charge in [-0.15, -0.1) is 21.5 Å². The first kappa shape index (κ1) is 10.8. The van der Waals surface area contributed by atoms with Crippen LogP contribution in [-0.4, -0.2) is 14.8 Å². The van der Waals surface area contributed by atoms with E-state index in [1.165, 1.54) is 25.7 Å². The Morgan fingerprint density at radius 2 is 2.12 bits per heavy atom. The number of nitrogens with two attached hydrogens (primary N) is 1. The van der Waals surface area contributed by atoms with Gasteiger partial charge in [-0.1, -0.05) is 12.8 Å². The minimum absolute atomic E-state index is 0.557. The number of nitrogens with zero attached hydrogens (tertiary/aromatic N) is 3. The molecule has 0 radical (unpaired) electrons. The Labute approximate surface area is 104 Å². The van der Waals surface area contributed by atoms with E-state index >= 15 is 0 Å². The molecule has 0 saturated heterocycles. The molecule has 0 bridgehead atoms. The van der Waals surface area contributed by atoms with Crippen molar-refractivity contribution in [1.82, 2.24) is 14.8 Å². The van der Waals surface area contributed by atoms with Crippen LogP contribution in [0.25, 0.3) is 10.7 Å². The lowest BCUT2D eigenvalue weighted by molar-refractivity contribution is 0.511. The van der Waals surface area contributed by atoms with Gasteiger partial charge in [-0.25, -0.2) is 0 Å². The molecular weight excluding hydrogens is 232 g/mol. The van der Waals surface area contributed by atoms with Gasteiger partial charge in [0.1, 0.15) is 5.82 Å². The van der Waals surface area contributed by atoms with Crippen LogP contribution in [0.15, 0.2) is 11.4 Å². The van der Waals surface area contributed by atoms with Crippen molar-refractivity contribution < 1.29 is 0 Å². The van der Waals surface area contributed by atoms with Gasteiger partial charge in [0.05, 0.1) is 10.6 Å². The Hall–Kier alpha value is -1.36. The predicted molar refractivity (Wildman–Crippen MR) is 70.0 cm³/mol. The van der Waals surface area contributed by atoms with Crippen molar-refractivity contribution in [3.05, 3.63) is 17.3 Å². The summed E-state index contributed by atoms with van der Waals surface area (Å²) in [5, 5.41) is 10.5. The smallest absolute Gasteiger partial charge is 0.176 e. The molecule has 1 aliphatic rings. The molecule has 0 spiro atoms. The van der Waals surface area contributed by atoms with Gasteiger partial charge in [-0.05, 0) is 31.2 Å². The second kappa shape index (κ2) is 4.14. The van der Waals surface area contributed by atoms with E-state index in [9.17, 15) is 0 Å². The van der Waals surface area contributed by atoms with Crippen LogP contribution in [-0.2, 0) is 0 Å². The van der Waals surface area contributed by atoms with Gasteiger partial charge < -0.3 is 10.3 Å². The van der Waals surface area contributed by atoms with Crippen LogP contribution in [0, 0.1) is 6.92 Å². The molecule has 1 fully saturated rings. The summed E-state index contributed by atoms with van der Waals surface area (Å²) in [6.07, 6.45) is 5.08. The zero-order valence-corrected chi connectivity index (χ0v) is 10.7. The van der Waals surface area contributed by atoms with Crippen LogP contribution in [0.4, 0.5) is 5.69 Å². The van der Waals surface area contributed by atoms with Crippen molar-refractivity contribution in [2.45, 2.75) is 38.6 Å². The maximum atomic E-state index is 5.98. The Morgan fingerprint density at radius 3 is 2.76 bits per heavy atom. The number of hydrogen-bond acceptors (Lipinski definition) is 4. The monoisotopic (exact) mass is 248 g/mol. The first-order chi connectivity index (χ1) is 8.27. The summed E-state index contributed by atoms with van der Waals surface area (Å²) >= 11 is 1.64. The molecular formula is C12H16N4S. The fourth-order valence-electron chi connectivity index (χ4n) is 2.62. The molecule has 5 heteroatoms. The van der Waals surface area contributed by atoms with Gasteiger partial charge in [0, 0.05) is 6.04 Å². The number of thiophene rings is 1. The lowest BCUT2D eigenvalue weighted by atomic mass is 10.2. The average molecular weight is 248 g/mol. The van der Waals surface area contributed by atoms with E-state index in [4.69, 9.17) is 5.73 Å². The van der Waals surface area contributed by atoms with E-state index in [0.29, 0.717) is 6.04 Å². The first-order valence-electron chi connectivity index (χ1n) is 6.02. The predicted octanol–water partition coefficient (Wildman–Crippen LogP) is 3.01. The number of nitrogen functional groups attached to an aromatic ring is 1. The second-order valence-electron chi connectivity index (χ2n) is 4.58. The molecule has 3 rings (SSSR count). The molecule has 2 aromatic heterocycles. The molecule has 4 nitrogen and oxygen atoms in total. The van der Waals surface area contributed by atoms with Crippen LogP contribution in [0.5, 0.6) is 0 Å². The third kappa shape index (κ3) is 1.74. The van der Waals surface area contributed by atoms with Crippen LogP contribution in [0.1, 0.15) is 37.5 Å². The highest BCUT2D eigenvalue weighted by molar-refractivity contribution is 7.14. The van der Waals surface area contributed by atoms with Crippen molar-refractivity contribution >= 4 is 17.0 Å². The van der Waals surface area contributed by atoms with E-state index in [-0.39, 0.29) is 0 Å². The van der Waals surface area contributed by atoms with Crippen LogP contribution in [0.3, 0.4) is 0 Å². The summed E-state index contributed by atoms with van der Waals surface area (Å²) in [5.41, 5.74) is 6.79. The molecule has 0 amide bonds. The second-order valence-corrected chi connectivity index (χ2v) is 5.50.